The van der Waals surface area contributed by atoms with E-state index in [1.54, 1.807) is 12.4 Å². The van der Waals surface area contributed by atoms with Gasteiger partial charge in [-0.05, 0) is 51.0 Å². The number of aromatic nitrogens is 3. The van der Waals surface area contributed by atoms with Crippen molar-refractivity contribution in [2.75, 3.05) is 0 Å². The predicted octanol–water partition coefficient (Wildman–Crippen LogP) is 6.07. The Balaban J connectivity index is 1.88. The highest BCUT2D eigenvalue weighted by atomic mass is 15.0. The minimum Gasteiger partial charge on any atom is -0.311 e. The van der Waals surface area contributed by atoms with E-state index >= 15 is 0 Å². The van der Waals surface area contributed by atoms with E-state index in [2.05, 4.69) is 84.3 Å². The van der Waals surface area contributed by atoms with E-state index in [-0.39, 0.29) is 0 Å². The number of pyridine rings is 1. The zero-order chi connectivity index (χ0) is 21.0. The van der Waals surface area contributed by atoms with Gasteiger partial charge in [-0.3, -0.25) is 4.98 Å². The highest BCUT2D eigenvalue weighted by Gasteiger charge is 2.20. The molecule has 3 aromatic heterocycles. The van der Waals surface area contributed by atoms with Gasteiger partial charge in [0.15, 0.2) is 0 Å². The third-order valence-electron chi connectivity index (χ3n) is 6.35. The molecular formula is C26H22N4. The molecule has 4 nitrogen and oxygen atoms in total. The Bertz CT molecular complexity index is 1390. The van der Waals surface area contributed by atoms with Gasteiger partial charge < -0.3 is 9.13 Å². The minimum absolute atomic E-state index is 0.623. The van der Waals surface area contributed by atoms with E-state index in [1.807, 2.05) is 12.1 Å². The lowest BCUT2D eigenvalue weighted by Gasteiger charge is -2.16. The number of nitrogens with zero attached hydrogens (tertiary/aromatic N) is 4. The van der Waals surface area contributed by atoms with Gasteiger partial charge in [0.2, 0.25) is 0 Å². The normalized spacial score (nSPS) is 11.3. The molecule has 0 amide bonds. The molecule has 4 heteroatoms. The first-order chi connectivity index (χ1) is 14.5. The maximum atomic E-state index is 10.3. The summed E-state index contributed by atoms with van der Waals surface area (Å²) in [5, 5.41) is 12.7. The van der Waals surface area contributed by atoms with Gasteiger partial charge in [0.25, 0.3) is 0 Å². The number of hydrogen-bond donors (Lipinski definition) is 0. The summed E-state index contributed by atoms with van der Waals surface area (Å²) in [6.07, 6.45) is 3.60. The number of aryl methyl sites for hydroxylation is 2. The van der Waals surface area contributed by atoms with Crippen LogP contribution in [0.15, 0.2) is 60.9 Å². The second-order valence-electron chi connectivity index (χ2n) is 7.79. The van der Waals surface area contributed by atoms with Crippen LogP contribution < -0.4 is 0 Å². The largest absolute Gasteiger partial charge is 0.311 e. The summed E-state index contributed by atoms with van der Waals surface area (Å²) < 4.78 is 4.32. The molecule has 0 unspecified atom stereocenters. The molecule has 0 aliphatic rings. The Labute approximate surface area is 175 Å². The number of benzene rings is 2. The van der Waals surface area contributed by atoms with E-state index in [0.717, 1.165) is 33.8 Å². The lowest BCUT2D eigenvalue weighted by Crippen LogP contribution is -2.07. The van der Waals surface area contributed by atoms with Crippen LogP contribution in [-0.2, 0) is 0 Å². The summed E-state index contributed by atoms with van der Waals surface area (Å²) in [5.41, 5.74) is 9.11. The zero-order valence-electron chi connectivity index (χ0n) is 17.6. The molecule has 0 saturated heterocycles. The fourth-order valence-corrected chi connectivity index (χ4v) is 4.57. The molecule has 0 bridgehead atoms. The van der Waals surface area contributed by atoms with Crippen molar-refractivity contribution in [2.24, 2.45) is 0 Å². The first-order valence-corrected chi connectivity index (χ1v) is 10.1. The van der Waals surface area contributed by atoms with Crippen molar-refractivity contribution in [1.29, 1.82) is 5.26 Å². The van der Waals surface area contributed by atoms with Crippen molar-refractivity contribution in [3.8, 4) is 17.4 Å². The van der Waals surface area contributed by atoms with Crippen LogP contribution in [0.25, 0.3) is 33.2 Å². The molecule has 0 saturated carbocycles. The second-order valence-corrected chi connectivity index (χ2v) is 7.79. The first-order valence-electron chi connectivity index (χ1n) is 10.1. The number of hydrogen-bond acceptors (Lipinski definition) is 2. The predicted molar refractivity (Wildman–Crippen MR) is 122 cm³/mol. The topological polar surface area (TPSA) is 46.5 Å². The molecule has 0 radical (unpaired) electrons. The molecular weight excluding hydrogens is 368 g/mol. The zero-order valence-corrected chi connectivity index (χ0v) is 17.6. The van der Waals surface area contributed by atoms with Gasteiger partial charge in [-0.25, -0.2) is 0 Å². The Morgan fingerprint density at radius 3 is 1.57 bits per heavy atom. The van der Waals surface area contributed by atoms with Crippen molar-refractivity contribution < 1.29 is 0 Å². The third kappa shape index (κ3) is 2.36. The van der Waals surface area contributed by atoms with Crippen LogP contribution in [0.1, 0.15) is 28.1 Å². The van der Waals surface area contributed by atoms with Crippen molar-refractivity contribution in [3.05, 3.63) is 89.0 Å². The molecule has 0 spiro atoms. The average molecular weight is 390 g/mol. The van der Waals surface area contributed by atoms with Crippen molar-refractivity contribution in [2.45, 2.75) is 27.7 Å². The summed E-state index contributed by atoms with van der Waals surface area (Å²) >= 11 is 0. The Hall–Kier alpha value is -3.84. The van der Waals surface area contributed by atoms with Crippen LogP contribution in [0.4, 0.5) is 0 Å². The summed E-state index contributed by atoms with van der Waals surface area (Å²) in [6, 6.07) is 19.1. The Morgan fingerprint density at radius 2 is 1.13 bits per heavy atom. The fraction of sp³-hybridized carbons (Fsp3) is 0.154. The van der Waals surface area contributed by atoms with E-state index < -0.39 is 0 Å². The molecule has 0 aliphatic heterocycles. The molecule has 5 aromatic rings. The molecule has 5 rings (SSSR count). The van der Waals surface area contributed by atoms with Crippen LogP contribution in [0, 0.1) is 39.0 Å². The van der Waals surface area contributed by atoms with Crippen LogP contribution >= 0.6 is 0 Å². The summed E-state index contributed by atoms with van der Waals surface area (Å²) in [6.45, 7) is 8.46. The van der Waals surface area contributed by atoms with Crippen molar-refractivity contribution in [3.63, 3.8) is 0 Å². The molecule has 0 N–H and O–H groups in total. The number of nitriles is 1. The third-order valence-corrected chi connectivity index (χ3v) is 6.35. The van der Waals surface area contributed by atoms with Crippen LogP contribution in [0.3, 0.4) is 0 Å². The van der Waals surface area contributed by atoms with Gasteiger partial charge in [0, 0.05) is 22.2 Å². The second kappa shape index (κ2) is 6.60. The lowest BCUT2D eigenvalue weighted by molar-refractivity contribution is 0.978. The average Bonchev–Trinajstić information content (AvgIpc) is 3.18. The molecule has 146 valence electrons. The Kier molecular flexibility index (Phi) is 4.01. The first kappa shape index (κ1) is 18.2. The van der Waals surface area contributed by atoms with Gasteiger partial charge in [0.1, 0.15) is 11.6 Å². The maximum absolute atomic E-state index is 10.3. The summed E-state index contributed by atoms with van der Waals surface area (Å²) in [7, 11) is 0. The van der Waals surface area contributed by atoms with Gasteiger partial charge in [-0.15, -0.1) is 0 Å². The summed E-state index contributed by atoms with van der Waals surface area (Å²) in [5.74, 6) is 0. The van der Waals surface area contributed by atoms with E-state index in [4.69, 9.17) is 0 Å². The molecule has 2 aromatic carbocycles. The highest BCUT2D eigenvalue weighted by Crippen LogP contribution is 2.34. The van der Waals surface area contributed by atoms with Crippen LogP contribution in [0.2, 0.25) is 0 Å². The smallest absolute Gasteiger partial charge is 0.104 e. The molecule has 0 fully saturated rings. The highest BCUT2D eigenvalue weighted by molar-refractivity contribution is 5.89. The standard InChI is InChI=1S/C26H22N4/c1-16-18(3)29(23-11-7-5-9-20(16)23)25-14-28-15-26(22(25)13-27)30-19(4)17(2)21-10-6-8-12-24(21)30/h5-12,14-15H,1-4H3. The number of para-hydroxylation sites is 2. The van der Waals surface area contributed by atoms with E-state index in [0.29, 0.717) is 5.56 Å². The van der Waals surface area contributed by atoms with Crippen molar-refractivity contribution >= 4 is 21.8 Å². The lowest BCUT2D eigenvalue weighted by atomic mass is 10.2. The van der Waals surface area contributed by atoms with Crippen molar-refractivity contribution in [1.82, 2.24) is 14.1 Å². The Morgan fingerprint density at radius 1 is 0.700 bits per heavy atom. The monoisotopic (exact) mass is 390 g/mol. The quantitative estimate of drug-likeness (QED) is 0.367. The van der Waals surface area contributed by atoms with E-state index in [9.17, 15) is 5.26 Å². The molecule has 0 atom stereocenters. The van der Waals surface area contributed by atoms with Crippen LogP contribution in [0.5, 0.6) is 0 Å². The van der Waals surface area contributed by atoms with Gasteiger partial charge in [-0.2, -0.15) is 5.26 Å². The molecule has 0 aliphatic carbocycles. The van der Waals surface area contributed by atoms with Gasteiger partial charge in [-0.1, -0.05) is 36.4 Å². The fourth-order valence-electron chi connectivity index (χ4n) is 4.57. The SMILES string of the molecule is Cc1c(C)n(-c2cncc(-n3c(C)c(C)c4ccccc43)c2C#N)c2ccccc12. The van der Waals surface area contributed by atoms with Crippen LogP contribution in [-0.4, -0.2) is 14.1 Å². The number of rotatable bonds is 2. The van der Waals surface area contributed by atoms with Gasteiger partial charge in [0.05, 0.1) is 34.8 Å². The summed E-state index contributed by atoms with van der Waals surface area (Å²) in [4.78, 5) is 4.57. The molecule has 3 heterocycles. The number of fused-ring (bicyclic) bond motifs is 2. The van der Waals surface area contributed by atoms with E-state index in [1.165, 1.54) is 21.9 Å². The maximum Gasteiger partial charge on any atom is 0.104 e. The van der Waals surface area contributed by atoms with Gasteiger partial charge >= 0.3 is 0 Å². The minimum atomic E-state index is 0.623. The molecule has 30 heavy (non-hydrogen) atoms.